The number of nitrogens with one attached hydrogen (secondary N) is 2. The van der Waals surface area contributed by atoms with Gasteiger partial charge in [0, 0.05) is 35.9 Å². The molecule has 0 radical (unpaired) electrons. The number of carbonyl (C=O) groups is 4. The first kappa shape index (κ1) is 53.8. The Morgan fingerprint density at radius 2 is 0.969 bits per heavy atom. The van der Waals surface area contributed by atoms with Gasteiger partial charge in [0.2, 0.25) is 0 Å². The van der Waals surface area contributed by atoms with Crippen LogP contribution in [0.2, 0.25) is 20.1 Å². The molecule has 0 aliphatic carbocycles. The van der Waals surface area contributed by atoms with Crippen LogP contribution in [-0.4, -0.2) is 73.5 Å². The Bertz CT molecular complexity index is 2580. The number of carbonyl (C=O) groups excluding carboxylic acids is 3. The number of aliphatic hydroxyl groups is 2. The Labute approximate surface area is 403 Å². The van der Waals surface area contributed by atoms with Crippen LogP contribution in [-0.2, 0) is 28.4 Å². The molecule has 2 aromatic heterocycles. The molecule has 0 aliphatic rings. The topological polar surface area (TPSA) is 202 Å². The van der Waals surface area contributed by atoms with Gasteiger partial charge < -0.3 is 45.3 Å². The zero-order valence-electron chi connectivity index (χ0n) is 36.2. The summed E-state index contributed by atoms with van der Waals surface area (Å²) in [6.07, 6.45) is 1.09. The molecule has 336 valence electrons. The first-order valence-electron chi connectivity index (χ1n) is 19.9. The van der Waals surface area contributed by atoms with Crippen LogP contribution < -0.4 is 29.5 Å². The molecule has 0 fully saturated rings. The van der Waals surface area contributed by atoms with Crippen LogP contribution in [0, 0.1) is 0 Å². The molecular formula is C46H49Cl4LiN4O9. The second-order valence-corrected chi connectivity index (χ2v) is 16.1. The minimum Gasteiger partial charge on any atom is -0.870 e. The third-order valence-corrected chi connectivity index (χ3v) is 12.5. The third kappa shape index (κ3) is 11.8. The monoisotopic (exact) mass is 948 g/mol. The summed E-state index contributed by atoms with van der Waals surface area (Å²) in [6.45, 7) is 5.26. The quantitative estimate of drug-likeness (QED) is 0.0574. The van der Waals surface area contributed by atoms with Crippen molar-refractivity contribution in [2.24, 2.45) is 14.1 Å². The van der Waals surface area contributed by atoms with E-state index >= 15 is 0 Å². The predicted molar refractivity (Wildman–Crippen MR) is 246 cm³/mol. The van der Waals surface area contributed by atoms with Crippen LogP contribution >= 0.6 is 46.4 Å². The number of hydrogen-bond donors (Lipinski definition) is 5. The summed E-state index contributed by atoms with van der Waals surface area (Å²) in [5.41, 5.74) is 5.22. The van der Waals surface area contributed by atoms with Gasteiger partial charge in [-0.3, -0.25) is 19.2 Å². The minimum atomic E-state index is -0.883. The maximum absolute atomic E-state index is 13.0. The molecule has 6 aromatic rings. The average molecular weight is 951 g/mol. The molecule has 4 atom stereocenters. The van der Waals surface area contributed by atoms with Crippen LogP contribution in [0.4, 0.5) is 0 Å². The molecule has 4 aromatic carbocycles. The first-order chi connectivity index (χ1) is 29.6. The van der Waals surface area contributed by atoms with E-state index < -0.39 is 24.0 Å². The molecule has 0 saturated carbocycles. The molecule has 6 rings (SSSR count). The average Bonchev–Trinajstić information content (AvgIpc) is 3.79. The van der Waals surface area contributed by atoms with Crippen LogP contribution in [0.3, 0.4) is 0 Å². The number of fused-ring (bicyclic) bond motifs is 2. The van der Waals surface area contributed by atoms with E-state index in [1.165, 1.54) is 0 Å². The van der Waals surface area contributed by atoms with E-state index in [9.17, 15) is 34.5 Å². The number of aliphatic hydroxyl groups excluding tert-OH is 2. The van der Waals surface area contributed by atoms with Crippen molar-refractivity contribution in [2.45, 2.75) is 57.5 Å². The number of aromatic nitrogens is 2. The van der Waals surface area contributed by atoms with Crippen molar-refractivity contribution in [1.82, 2.24) is 19.8 Å². The van der Waals surface area contributed by atoms with Gasteiger partial charge in [-0.05, 0) is 78.4 Å². The summed E-state index contributed by atoms with van der Waals surface area (Å²) in [4.78, 5) is 49.4. The van der Waals surface area contributed by atoms with Crippen molar-refractivity contribution in [3.63, 3.8) is 0 Å². The molecule has 0 bridgehead atoms. The number of amides is 2. The molecule has 6 N–H and O–H groups in total. The Morgan fingerprint density at radius 1 is 0.609 bits per heavy atom. The fourth-order valence-electron chi connectivity index (χ4n) is 7.32. The number of nitrogens with zero attached hydrogens (tertiary/aromatic N) is 2. The molecule has 64 heavy (non-hydrogen) atoms. The van der Waals surface area contributed by atoms with E-state index in [1.807, 2.05) is 26.0 Å². The molecule has 18 heteroatoms. The summed E-state index contributed by atoms with van der Waals surface area (Å²) in [5.74, 6) is -2.80. The maximum atomic E-state index is 13.0. The number of halogens is 4. The maximum Gasteiger partial charge on any atom is 1.00 e. The number of aliphatic carboxylic acids is 1. The van der Waals surface area contributed by atoms with E-state index in [0.29, 0.717) is 72.8 Å². The van der Waals surface area contributed by atoms with Gasteiger partial charge in [-0.2, -0.15) is 0 Å². The number of aryl methyl sites for hydroxylation is 2. The molecule has 0 saturated heterocycles. The van der Waals surface area contributed by atoms with Gasteiger partial charge in [0.25, 0.3) is 11.8 Å². The van der Waals surface area contributed by atoms with Gasteiger partial charge in [0.15, 0.2) is 0 Å². The van der Waals surface area contributed by atoms with Crippen LogP contribution in [0.15, 0.2) is 84.9 Å². The van der Waals surface area contributed by atoms with Crippen molar-refractivity contribution >= 4 is 92.0 Å². The summed E-state index contributed by atoms with van der Waals surface area (Å²) in [7, 11) is 3.52. The van der Waals surface area contributed by atoms with Gasteiger partial charge in [-0.25, -0.2) is 0 Å². The Balaban J connectivity index is 0.000000331. The number of benzene rings is 4. The first-order valence-corrected chi connectivity index (χ1v) is 21.4. The third-order valence-electron chi connectivity index (χ3n) is 10.8. The van der Waals surface area contributed by atoms with Crippen molar-refractivity contribution in [3.8, 4) is 0 Å². The number of ether oxygens (including phenoxy) is 1. The Kier molecular flexibility index (Phi) is 20.3. The van der Waals surface area contributed by atoms with Gasteiger partial charge in [0.05, 0.1) is 63.8 Å². The summed E-state index contributed by atoms with van der Waals surface area (Å²) in [5, 5.41) is 37.7. The summed E-state index contributed by atoms with van der Waals surface area (Å²) < 4.78 is 8.59. The van der Waals surface area contributed by atoms with Crippen LogP contribution in [0.25, 0.3) is 21.8 Å². The van der Waals surface area contributed by atoms with Crippen LogP contribution in [0.5, 0.6) is 0 Å². The van der Waals surface area contributed by atoms with Gasteiger partial charge in [-0.1, -0.05) is 109 Å². The second kappa shape index (κ2) is 24.1. The largest absolute Gasteiger partial charge is 1.00 e. The van der Waals surface area contributed by atoms with E-state index in [-0.39, 0.29) is 61.3 Å². The van der Waals surface area contributed by atoms with E-state index in [2.05, 4.69) is 10.6 Å². The molecule has 13 nitrogen and oxygen atoms in total. The van der Waals surface area contributed by atoms with Gasteiger partial charge in [0.1, 0.15) is 11.4 Å². The molecule has 2 unspecified atom stereocenters. The fourth-order valence-corrected chi connectivity index (χ4v) is 8.08. The number of carboxylic acids is 1. The summed E-state index contributed by atoms with van der Waals surface area (Å²) >= 11 is 24.7. The van der Waals surface area contributed by atoms with Crippen molar-refractivity contribution in [2.75, 3.05) is 19.8 Å². The summed E-state index contributed by atoms with van der Waals surface area (Å²) in [6, 6.07) is 23.2. The SMILES string of the molecule is CCC(C(=O)O)c1ccc([C@@H](CO)NC(=O)c2cc3c(Cl)c(Cl)ccc3n2C)cc1.CCOC(=O)C(CC)c1ccc([C@@H](CO)NC(=O)c2cc3c(Cl)c(Cl)ccc3n2C)cc1.[Li+].[OH-]. The van der Waals surface area contributed by atoms with Gasteiger partial charge in [-0.15, -0.1) is 0 Å². The fraction of sp³-hybridized carbons (Fsp3) is 0.304. The van der Waals surface area contributed by atoms with Crippen molar-refractivity contribution in [3.05, 3.63) is 139 Å². The Hall–Kier alpha value is -4.52. The number of esters is 1. The normalized spacial score (nSPS) is 12.7. The number of rotatable bonds is 15. The number of hydrogen-bond acceptors (Lipinski definition) is 8. The van der Waals surface area contributed by atoms with E-state index in [4.69, 9.17) is 51.1 Å². The zero-order valence-corrected chi connectivity index (χ0v) is 39.2. The Morgan fingerprint density at radius 3 is 1.30 bits per heavy atom. The molecule has 2 heterocycles. The molecule has 0 aliphatic heterocycles. The minimum absolute atomic E-state index is 0. The molecular weight excluding hydrogens is 901 g/mol. The van der Waals surface area contributed by atoms with Gasteiger partial charge >= 0.3 is 30.8 Å². The van der Waals surface area contributed by atoms with Crippen molar-refractivity contribution < 1.29 is 63.6 Å². The predicted octanol–water partition coefficient (Wildman–Crippen LogP) is 6.36. The standard InChI is InChI=1S/C24H26Cl2N2O4.C22H22Cl2N2O4.Li.H2O/c1-4-16(24(31)32-5-2)14-6-8-15(9-7-14)19(13-29)27-23(30)21-12-17-20(28(21)3)11-10-18(25)22(17)26;1-3-14(22(29)30)12-4-6-13(7-5-12)17(11-27)25-21(28)19-10-15-18(26(19)2)9-8-16(23)20(15)24;;/h6-12,16,19,29H,4-5,13H2,1-3H3,(H,27,30);4-10,14,17,27H,3,11H2,1-2H3,(H,25,28)(H,29,30);;1H2/q;;+1;/p-1/t16?,19-;14?,17-;;/m11../s1. The number of carboxylic acid groups (broad SMARTS) is 1. The zero-order chi connectivity index (χ0) is 45.4. The van der Waals surface area contributed by atoms with E-state index in [1.54, 1.807) is 103 Å². The van der Waals surface area contributed by atoms with E-state index in [0.717, 1.165) is 22.2 Å². The molecule has 2 amide bonds. The van der Waals surface area contributed by atoms with Crippen molar-refractivity contribution in [1.29, 1.82) is 0 Å². The van der Waals surface area contributed by atoms with Crippen LogP contribution in [0.1, 0.15) is 101 Å². The smallest absolute Gasteiger partial charge is 0.870 e. The molecule has 0 spiro atoms. The second-order valence-electron chi connectivity index (χ2n) is 14.5.